The fourth-order valence-electron chi connectivity index (χ4n) is 1.21. The van der Waals surface area contributed by atoms with E-state index in [0.29, 0.717) is 5.57 Å². The van der Waals surface area contributed by atoms with Crippen molar-refractivity contribution in [3.05, 3.63) is 47.0 Å². The first-order valence-electron chi connectivity index (χ1n) is 4.30. The maximum atomic E-state index is 11.6. The molecular weight excluding hydrogens is 199 g/mol. The van der Waals surface area contributed by atoms with Crippen molar-refractivity contribution in [2.24, 2.45) is 0 Å². The molecule has 1 aromatic rings. The number of carbonyl (C=O) groups excluding carboxylic acids is 1. The van der Waals surface area contributed by atoms with Gasteiger partial charge >= 0.3 is 51.4 Å². The zero-order chi connectivity index (χ0) is 10.0. The molecule has 2 heteroatoms. The van der Waals surface area contributed by atoms with E-state index in [1.165, 1.54) is 0 Å². The summed E-state index contributed by atoms with van der Waals surface area (Å²) in [6, 6.07) is 5.88. The zero-order valence-electron chi connectivity index (χ0n) is 10.3. The maximum absolute atomic E-state index is 11.6. The van der Waals surface area contributed by atoms with Gasteiger partial charge in [0.05, 0.1) is 0 Å². The molecule has 0 N–H and O–H groups in total. The summed E-state index contributed by atoms with van der Waals surface area (Å²) in [5, 5.41) is 0. The Morgan fingerprint density at radius 2 is 1.93 bits per heavy atom. The molecule has 0 amide bonds. The molecule has 1 aromatic carbocycles. The van der Waals surface area contributed by atoms with Gasteiger partial charge in [-0.3, -0.25) is 4.79 Å². The van der Waals surface area contributed by atoms with Crippen LogP contribution in [-0.2, 0) is 0 Å². The zero-order valence-corrected chi connectivity index (χ0v) is 12.5. The van der Waals surface area contributed by atoms with Gasteiger partial charge in [-0.1, -0.05) is 24.3 Å². The number of ketones is 1. The molecule has 0 atom stereocenters. The number of allylic oxidation sites excluding steroid dienone is 1. The molecule has 1 nitrogen and oxygen atoms in total. The second-order valence-corrected chi connectivity index (χ2v) is 3.43. The molecule has 70 valence electrons. The molecule has 0 bridgehead atoms. The summed E-state index contributed by atoms with van der Waals surface area (Å²) in [5.74, 6) is 0.0428. The fourth-order valence-corrected chi connectivity index (χ4v) is 1.21. The number of Topliss-reactive ketones (excluding diaryl/α,β-unsaturated/α-hetero) is 1. The first-order valence-corrected chi connectivity index (χ1v) is 4.30. The summed E-state index contributed by atoms with van der Waals surface area (Å²) < 4.78 is 0. The van der Waals surface area contributed by atoms with Gasteiger partial charge in [0.15, 0.2) is 5.78 Å². The summed E-state index contributed by atoms with van der Waals surface area (Å²) in [7, 11) is 0. The van der Waals surface area contributed by atoms with Crippen molar-refractivity contribution in [3.63, 3.8) is 0 Å². The Labute approximate surface area is 130 Å². The van der Waals surface area contributed by atoms with Gasteiger partial charge < -0.3 is 1.43 Å². The van der Waals surface area contributed by atoms with Crippen LogP contribution in [0.15, 0.2) is 30.4 Å². The van der Waals surface area contributed by atoms with Crippen LogP contribution in [0.2, 0.25) is 0 Å². The molecule has 1 rings (SSSR count). The van der Waals surface area contributed by atoms with Crippen LogP contribution in [0.5, 0.6) is 0 Å². The Balaban J connectivity index is 0. The van der Waals surface area contributed by atoms with Gasteiger partial charge in [-0.2, -0.15) is 0 Å². The third kappa shape index (κ3) is 3.44. The van der Waals surface area contributed by atoms with Crippen molar-refractivity contribution in [2.45, 2.75) is 20.8 Å². The van der Waals surface area contributed by atoms with Crippen molar-refractivity contribution in [1.82, 2.24) is 0 Å². The van der Waals surface area contributed by atoms with Gasteiger partial charge in [0.25, 0.3) is 0 Å². The minimum absolute atomic E-state index is 0. The molecule has 0 heterocycles. The van der Waals surface area contributed by atoms with E-state index in [1.54, 1.807) is 6.92 Å². The topological polar surface area (TPSA) is 17.1 Å². The van der Waals surface area contributed by atoms with Crippen molar-refractivity contribution >= 4 is 5.78 Å². The van der Waals surface area contributed by atoms with E-state index >= 15 is 0 Å². The minimum Gasteiger partial charge on any atom is -1.00 e. The molecule has 0 radical (unpaired) electrons. The van der Waals surface area contributed by atoms with Crippen LogP contribution in [0, 0.1) is 13.8 Å². The number of carbonyl (C=O) groups is 1. The van der Waals surface area contributed by atoms with E-state index in [2.05, 4.69) is 6.58 Å². The largest absolute Gasteiger partial charge is 1.00 e. The van der Waals surface area contributed by atoms with Crippen LogP contribution in [0.4, 0.5) is 0 Å². The molecule has 0 saturated carbocycles. The number of benzene rings is 1. The number of hydrogen-bond acceptors (Lipinski definition) is 1. The Morgan fingerprint density at radius 3 is 2.43 bits per heavy atom. The summed E-state index contributed by atoms with van der Waals surface area (Å²) >= 11 is 0. The first-order chi connectivity index (χ1) is 6.02. The van der Waals surface area contributed by atoms with E-state index in [9.17, 15) is 4.79 Å². The summed E-state index contributed by atoms with van der Waals surface area (Å²) in [5.41, 5.74) is 3.48. The molecule has 0 aliphatic heterocycles. The van der Waals surface area contributed by atoms with E-state index in [-0.39, 0.29) is 58.6 Å². The van der Waals surface area contributed by atoms with Crippen molar-refractivity contribution in [2.75, 3.05) is 0 Å². The number of aryl methyl sites for hydroxylation is 2. The standard InChI is InChI=1S/C12H14O.K.H/c1-8(2)12(13)11-7-9(3)5-6-10(11)4;;/h5-7H,1H2,2-4H3;;/q;+1;-1. The van der Waals surface area contributed by atoms with E-state index in [4.69, 9.17) is 0 Å². The van der Waals surface area contributed by atoms with E-state index in [0.717, 1.165) is 16.7 Å². The molecule has 0 aliphatic carbocycles. The molecule has 14 heavy (non-hydrogen) atoms. The molecular formula is C12H15KO. The first kappa shape index (κ1) is 14.3. The maximum Gasteiger partial charge on any atom is 1.00 e. The van der Waals surface area contributed by atoms with Crippen molar-refractivity contribution in [3.8, 4) is 0 Å². The van der Waals surface area contributed by atoms with Gasteiger partial charge in [0.1, 0.15) is 0 Å². The van der Waals surface area contributed by atoms with Crippen LogP contribution in [0.25, 0.3) is 0 Å². The van der Waals surface area contributed by atoms with Crippen LogP contribution in [-0.4, -0.2) is 5.78 Å². The third-order valence-electron chi connectivity index (χ3n) is 2.03. The second kappa shape index (κ2) is 5.98. The van der Waals surface area contributed by atoms with Crippen molar-refractivity contribution in [1.29, 1.82) is 0 Å². The molecule has 0 unspecified atom stereocenters. The predicted molar refractivity (Wildman–Crippen MR) is 56.2 cm³/mol. The van der Waals surface area contributed by atoms with Crippen LogP contribution < -0.4 is 51.4 Å². The monoisotopic (exact) mass is 214 g/mol. The molecule has 0 aromatic heterocycles. The Kier molecular flexibility index (Phi) is 6.10. The average molecular weight is 214 g/mol. The van der Waals surface area contributed by atoms with E-state index < -0.39 is 0 Å². The SMILES string of the molecule is C=C(C)C(=O)c1cc(C)ccc1C.[H-].[K+]. The summed E-state index contributed by atoms with van der Waals surface area (Å²) in [6.45, 7) is 9.31. The Morgan fingerprint density at radius 1 is 1.36 bits per heavy atom. The van der Waals surface area contributed by atoms with Crippen LogP contribution in [0.3, 0.4) is 0 Å². The van der Waals surface area contributed by atoms with Gasteiger partial charge in [0.2, 0.25) is 0 Å². The predicted octanol–water partition coefficient (Wildman–Crippen LogP) is 0.179. The minimum atomic E-state index is 0. The quantitative estimate of drug-likeness (QED) is 0.390. The summed E-state index contributed by atoms with van der Waals surface area (Å²) in [6.07, 6.45) is 0. The van der Waals surface area contributed by atoms with Crippen molar-refractivity contribution < 1.29 is 57.6 Å². The smallest absolute Gasteiger partial charge is 1.00 e. The molecule has 0 spiro atoms. The van der Waals surface area contributed by atoms with Gasteiger partial charge in [-0.15, -0.1) is 0 Å². The Bertz CT molecular complexity index is 372. The number of hydrogen-bond donors (Lipinski definition) is 0. The Hall–Kier alpha value is 0.266. The third-order valence-corrected chi connectivity index (χ3v) is 2.03. The molecule has 0 saturated heterocycles. The van der Waals surface area contributed by atoms with E-state index in [1.807, 2.05) is 32.0 Å². The van der Waals surface area contributed by atoms with Crippen LogP contribution in [0.1, 0.15) is 29.8 Å². The molecule has 0 aliphatic rings. The fraction of sp³-hybridized carbons (Fsp3) is 0.250. The summed E-state index contributed by atoms with van der Waals surface area (Å²) in [4.78, 5) is 11.6. The van der Waals surface area contributed by atoms with Gasteiger partial charge in [-0.05, 0) is 38.0 Å². The van der Waals surface area contributed by atoms with Crippen LogP contribution >= 0.6 is 0 Å². The molecule has 0 fully saturated rings. The van der Waals surface area contributed by atoms with Gasteiger partial charge in [0, 0.05) is 5.56 Å². The average Bonchev–Trinajstić information content (AvgIpc) is 2.08. The normalized spacial score (nSPS) is 9.07. The second-order valence-electron chi connectivity index (χ2n) is 3.43. The van der Waals surface area contributed by atoms with Gasteiger partial charge in [-0.25, -0.2) is 0 Å². The number of rotatable bonds is 2.